The standard InChI is InChI=1S/C15H14/c1-3-13-9-5-7-11-15(13)14-10-6-4-8-12(14)2/h3-11H,1H2,2H3. The Kier molecular flexibility index (Phi) is 2.68. The molecule has 15 heavy (non-hydrogen) atoms. The van der Waals surface area contributed by atoms with Gasteiger partial charge in [-0.25, -0.2) is 0 Å². The van der Waals surface area contributed by atoms with Gasteiger partial charge in [0.15, 0.2) is 0 Å². The first kappa shape index (κ1) is 9.72. The normalized spacial score (nSPS) is 9.93. The summed E-state index contributed by atoms with van der Waals surface area (Å²) in [5, 5.41) is 0. The fraction of sp³-hybridized carbons (Fsp3) is 0.0667. The lowest BCUT2D eigenvalue weighted by molar-refractivity contribution is 1.45. The summed E-state index contributed by atoms with van der Waals surface area (Å²) in [4.78, 5) is 0. The summed E-state index contributed by atoms with van der Waals surface area (Å²) in [6.07, 6.45) is 1.90. The fourth-order valence-electron chi connectivity index (χ4n) is 1.80. The average molecular weight is 194 g/mol. The highest BCUT2D eigenvalue weighted by molar-refractivity contribution is 5.76. The van der Waals surface area contributed by atoms with Crippen molar-refractivity contribution in [1.29, 1.82) is 0 Å². The van der Waals surface area contributed by atoms with Crippen LogP contribution in [0, 0.1) is 6.92 Å². The van der Waals surface area contributed by atoms with E-state index in [4.69, 9.17) is 0 Å². The number of hydrogen-bond acceptors (Lipinski definition) is 0. The average Bonchev–Trinajstić information content (AvgIpc) is 2.30. The largest absolute Gasteiger partial charge is 0.0984 e. The van der Waals surface area contributed by atoms with E-state index in [2.05, 4.69) is 56.0 Å². The Hall–Kier alpha value is -1.82. The van der Waals surface area contributed by atoms with Crippen LogP contribution in [0.2, 0.25) is 0 Å². The molecule has 0 fully saturated rings. The highest BCUT2D eigenvalue weighted by Crippen LogP contribution is 2.26. The van der Waals surface area contributed by atoms with E-state index in [9.17, 15) is 0 Å². The molecule has 0 aliphatic heterocycles. The highest BCUT2D eigenvalue weighted by Gasteiger charge is 2.03. The van der Waals surface area contributed by atoms with Crippen molar-refractivity contribution in [3.63, 3.8) is 0 Å². The lowest BCUT2D eigenvalue weighted by Crippen LogP contribution is -1.85. The van der Waals surface area contributed by atoms with Crippen LogP contribution in [0.5, 0.6) is 0 Å². The molecule has 2 aromatic carbocycles. The molecule has 0 aliphatic rings. The van der Waals surface area contributed by atoms with Crippen LogP contribution in [0.3, 0.4) is 0 Å². The second kappa shape index (κ2) is 4.14. The summed E-state index contributed by atoms with van der Waals surface area (Å²) in [6, 6.07) is 16.8. The molecule has 2 aromatic rings. The Labute approximate surface area is 90.9 Å². The molecule has 0 bridgehead atoms. The van der Waals surface area contributed by atoms with Crippen molar-refractivity contribution in [1.82, 2.24) is 0 Å². The molecule has 0 spiro atoms. The molecule has 0 unspecified atom stereocenters. The second-order valence-electron chi connectivity index (χ2n) is 3.61. The minimum atomic E-state index is 1.19. The molecule has 2 rings (SSSR count). The van der Waals surface area contributed by atoms with Gasteiger partial charge in [0.05, 0.1) is 0 Å². The van der Waals surface area contributed by atoms with E-state index < -0.39 is 0 Å². The maximum absolute atomic E-state index is 3.85. The van der Waals surface area contributed by atoms with Crippen LogP contribution in [0.4, 0.5) is 0 Å². The first-order chi connectivity index (χ1) is 7.33. The van der Waals surface area contributed by atoms with Gasteiger partial charge >= 0.3 is 0 Å². The number of benzene rings is 2. The molecule has 0 heteroatoms. The lowest BCUT2D eigenvalue weighted by atomic mass is 9.96. The molecule has 0 aromatic heterocycles. The van der Waals surface area contributed by atoms with Gasteiger partial charge in [-0.15, -0.1) is 0 Å². The van der Waals surface area contributed by atoms with Crippen LogP contribution in [-0.2, 0) is 0 Å². The number of rotatable bonds is 2. The Morgan fingerprint density at radius 3 is 2.13 bits per heavy atom. The summed E-state index contributed by atoms with van der Waals surface area (Å²) in [5.41, 5.74) is 5.03. The van der Waals surface area contributed by atoms with Crippen LogP contribution in [-0.4, -0.2) is 0 Å². The van der Waals surface area contributed by atoms with Gasteiger partial charge < -0.3 is 0 Å². The molecule has 0 N–H and O–H groups in total. The molecule has 0 heterocycles. The van der Waals surface area contributed by atoms with E-state index in [1.54, 1.807) is 0 Å². The van der Waals surface area contributed by atoms with Crippen molar-refractivity contribution in [2.24, 2.45) is 0 Å². The zero-order valence-corrected chi connectivity index (χ0v) is 8.90. The highest BCUT2D eigenvalue weighted by atomic mass is 14.1. The van der Waals surface area contributed by atoms with E-state index in [0.29, 0.717) is 0 Å². The summed E-state index contributed by atoms with van der Waals surface area (Å²) in [6.45, 7) is 5.98. The number of hydrogen-bond donors (Lipinski definition) is 0. The first-order valence-electron chi connectivity index (χ1n) is 5.10. The van der Waals surface area contributed by atoms with E-state index in [-0.39, 0.29) is 0 Å². The fourth-order valence-corrected chi connectivity index (χ4v) is 1.80. The van der Waals surface area contributed by atoms with E-state index in [1.807, 2.05) is 12.1 Å². The molecular weight excluding hydrogens is 180 g/mol. The summed E-state index contributed by atoms with van der Waals surface area (Å²) in [5.74, 6) is 0. The van der Waals surface area contributed by atoms with Crippen molar-refractivity contribution in [2.75, 3.05) is 0 Å². The van der Waals surface area contributed by atoms with Gasteiger partial charge in [-0.05, 0) is 29.2 Å². The Morgan fingerprint density at radius 1 is 0.867 bits per heavy atom. The summed E-state index contributed by atoms with van der Waals surface area (Å²) in [7, 11) is 0. The molecule has 74 valence electrons. The Balaban J connectivity index is 2.64. The third-order valence-electron chi connectivity index (χ3n) is 2.62. The second-order valence-corrected chi connectivity index (χ2v) is 3.61. The monoisotopic (exact) mass is 194 g/mol. The van der Waals surface area contributed by atoms with Gasteiger partial charge in [-0.3, -0.25) is 0 Å². The van der Waals surface area contributed by atoms with Crippen LogP contribution in [0.15, 0.2) is 55.1 Å². The van der Waals surface area contributed by atoms with E-state index in [1.165, 1.54) is 22.3 Å². The topological polar surface area (TPSA) is 0 Å². The van der Waals surface area contributed by atoms with Crippen molar-refractivity contribution in [3.8, 4) is 11.1 Å². The Morgan fingerprint density at radius 2 is 1.47 bits per heavy atom. The maximum atomic E-state index is 3.85. The molecule has 0 aliphatic carbocycles. The molecule has 0 nitrogen and oxygen atoms in total. The molecular formula is C15H14. The Bertz CT molecular complexity index is 481. The van der Waals surface area contributed by atoms with Crippen molar-refractivity contribution < 1.29 is 0 Å². The molecule has 0 amide bonds. The van der Waals surface area contributed by atoms with Crippen molar-refractivity contribution in [2.45, 2.75) is 6.92 Å². The van der Waals surface area contributed by atoms with Gasteiger partial charge in [0.2, 0.25) is 0 Å². The smallest absolute Gasteiger partial charge is 0.0109 e. The van der Waals surface area contributed by atoms with Crippen molar-refractivity contribution in [3.05, 3.63) is 66.2 Å². The number of aryl methyl sites for hydroxylation is 1. The van der Waals surface area contributed by atoms with Gasteiger partial charge in [0, 0.05) is 0 Å². The minimum absolute atomic E-state index is 1.19. The van der Waals surface area contributed by atoms with Gasteiger partial charge in [-0.2, -0.15) is 0 Å². The maximum Gasteiger partial charge on any atom is -0.0109 e. The van der Waals surface area contributed by atoms with Crippen LogP contribution < -0.4 is 0 Å². The third kappa shape index (κ3) is 1.84. The van der Waals surface area contributed by atoms with Crippen LogP contribution in [0.25, 0.3) is 17.2 Å². The van der Waals surface area contributed by atoms with Crippen molar-refractivity contribution >= 4 is 6.08 Å². The molecule has 0 radical (unpaired) electrons. The minimum Gasteiger partial charge on any atom is -0.0984 e. The predicted octanol–water partition coefficient (Wildman–Crippen LogP) is 4.31. The quantitative estimate of drug-likeness (QED) is 0.668. The summed E-state index contributed by atoms with van der Waals surface area (Å²) >= 11 is 0. The van der Waals surface area contributed by atoms with Gasteiger partial charge in [-0.1, -0.05) is 61.2 Å². The van der Waals surface area contributed by atoms with E-state index in [0.717, 1.165) is 0 Å². The zero-order valence-electron chi connectivity index (χ0n) is 8.90. The van der Waals surface area contributed by atoms with Gasteiger partial charge in [0.1, 0.15) is 0 Å². The third-order valence-corrected chi connectivity index (χ3v) is 2.62. The first-order valence-corrected chi connectivity index (χ1v) is 5.10. The summed E-state index contributed by atoms with van der Waals surface area (Å²) < 4.78 is 0. The predicted molar refractivity (Wildman–Crippen MR) is 66.7 cm³/mol. The molecule has 0 atom stereocenters. The molecule has 0 saturated carbocycles. The lowest BCUT2D eigenvalue weighted by Gasteiger charge is -2.08. The SMILES string of the molecule is C=Cc1ccccc1-c1ccccc1C. The molecule has 0 saturated heterocycles. The van der Waals surface area contributed by atoms with Crippen LogP contribution >= 0.6 is 0 Å². The zero-order chi connectivity index (χ0) is 10.7. The van der Waals surface area contributed by atoms with E-state index >= 15 is 0 Å². The van der Waals surface area contributed by atoms with Gasteiger partial charge in [0.25, 0.3) is 0 Å². The van der Waals surface area contributed by atoms with Crippen LogP contribution in [0.1, 0.15) is 11.1 Å².